The molecule has 0 aliphatic rings. The SMILES string of the molecule is C/C(=C\O)CC(C)O. The van der Waals surface area contributed by atoms with Crippen molar-refractivity contribution in [2.75, 3.05) is 0 Å². The number of hydrogen-bond acceptors (Lipinski definition) is 2. The molecule has 0 radical (unpaired) electrons. The summed E-state index contributed by atoms with van der Waals surface area (Å²) in [5.74, 6) is 0. The molecule has 0 aromatic heterocycles. The van der Waals surface area contributed by atoms with Crippen molar-refractivity contribution in [1.82, 2.24) is 0 Å². The van der Waals surface area contributed by atoms with Crippen LogP contribution < -0.4 is 0 Å². The van der Waals surface area contributed by atoms with Gasteiger partial charge in [-0.3, -0.25) is 0 Å². The van der Waals surface area contributed by atoms with Gasteiger partial charge in [0, 0.05) is 0 Å². The Morgan fingerprint density at radius 2 is 2.25 bits per heavy atom. The van der Waals surface area contributed by atoms with Crippen LogP contribution in [0.2, 0.25) is 0 Å². The molecular formula is C6H12O2. The fourth-order valence-electron chi connectivity index (χ4n) is 0.519. The molecule has 1 atom stereocenters. The Kier molecular flexibility index (Phi) is 3.28. The van der Waals surface area contributed by atoms with Gasteiger partial charge < -0.3 is 10.2 Å². The van der Waals surface area contributed by atoms with E-state index in [1.807, 2.05) is 0 Å². The highest BCUT2D eigenvalue weighted by atomic mass is 16.3. The molecule has 0 aromatic carbocycles. The van der Waals surface area contributed by atoms with Gasteiger partial charge in [0.2, 0.25) is 0 Å². The Morgan fingerprint density at radius 1 is 1.75 bits per heavy atom. The van der Waals surface area contributed by atoms with E-state index in [0.29, 0.717) is 6.42 Å². The third-order valence-electron chi connectivity index (χ3n) is 0.838. The zero-order chi connectivity index (χ0) is 6.57. The third-order valence-corrected chi connectivity index (χ3v) is 0.838. The largest absolute Gasteiger partial charge is 0.516 e. The van der Waals surface area contributed by atoms with Crippen LogP contribution in [-0.2, 0) is 0 Å². The number of aliphatic hydroxyl groups is 2. The van der Waals surface area contributed by atoms with E-state index < -0.39 is 0 Å². The van der Waals surface area contributed by atoms with E-state index in [2.05, 4.69) is 0 Å². The van der Waals surface area contributed by atoms with Crippen LogP contribution in [0.4, 0.5) is 0 Å². The van der Waals surface area contributed by atoms with Gasteiger partial charge in [0.05, 0.1) is 12.4 Å². The monoisotopic (exact) mass is 116 g/mol. The summed E-state index contributed by atoms with van der Waals surface area (Å²) in [6.07, 6.45) is 1.22. The molecule has 0 fully saturated rings. The molecule has 0 rings (SSSR count). The summed E-state index contributed by atoms with van der Waals surface area (Å²) in [4.78, 5) is 0. The lowest BCUT2D eigenvalue weighted by Crippen LogP contribution is -1.98. The van der Waals surface area contributed by atoms with E-state index in [9.17, 15) is 0 Å². The summed E-state index contributed by atoms with van der Waals surface area (Å²) < 4.78 is 0. The second kappa shape index (κ2) is 3.50. The van der Waals surface area contributed by atoms with Gasteiger partial charge >= 0.3 is 0 Å². The Morgan fingerprint density at radius 3 is 2.38 bits per heavy atom. The van der Waals surface area contributed by atoms with Crippen molar-refractivity contribution in [1.29, 1.82) is 0 Å². The van der Waals surface area contributed by atoms with Gasteiger partial charge in [-0.25, -0.2) is 0 Å². The molecule has 1 unspecified atom stereocenters. The fourth-order valence-corrected chi connectivity index (χ4v) is 0.519. The molecule has 2 heteroatoms. The molecule has 48 valence electrons. The summed E-state index contributed by atoms with van der Waals surface area (Å²) in [5, 5.41) is 17.0. The molecule has 0 aliphatic heterocycles. The van der Waals surface area contributed by atoms with E-state index in [0.717, 1.165) is 11.8 Å². The van der Waals surface area contributed by atoms with E-state index in [-0.39, 0.29) is 6.10 Å². The summed E-state index contributed by atoms with van der Waals surface area (Å²) in [6.45, 7) is 3.46. The fraction of sp³-hybridized carbons (Fsp3) is 0.667. The Hall–Kier alpha value is -0.500. The molecule has 0 amide bonds. The smallest absolute Gasteiger partial charge is 0.0781 e. The molecule has 0 aliphatic carbocycles. The van der Waals surface area contributed by atoms with E-state index >= 15 is 0 Å². The van der Waals surface area contributed by atoms with Crippen LogP contribution in [0, 0.1) is 0 Å². The van der Waals surface area contributed by atoms with Gasteiger partial charge in [-0.15, -0.1) is 0 Å². The first-order chi connectivity index (χ1) is 3.66. The van der Waals surface area contributed by atoms with Gasteiger partial charge in [0.15, 0.2) is 0 Å². The van der Waals surface area contributed by atoms with Crippen molar-refractivity contribution >= 4 is 0 Å². The van der Waals surface area contributed by atoms with Gasteiger partial charge in [0.25, 0.3) is 0 Å². The van der Waals surface area contributed by atoms with Crippen LogP contribution in [0.3, 0.4) is 0 Å². The van der Waals surface area contributed by atoms with Crippen LogP contribution >= 0.6 is 0 Å². The lowest BCUT2D eigenvalue weighted by Gasteiger charge is -2.00. The zero-order valence-corrected chi connectivity index (χ0v) is 5.26. The number of aliphatic hydroxyl groups excluding tert-OH is 2. The highest BCUT2D eigenvalue weighted by Gasteiger charge is 1.94. The molecule has 2 N–H and O–H groups in total. The maximum atomic E-state index is 8.70. The van der Waals surface area contributed by atoms with Crippen LogP contribution in [-0.4, -0.2) is 16.3 Å². The van der Waals surface area contributed by atoms with Crippen LogP contribution in [0.25, 0.3) is 0 Å². The molecule has 0 bridgehead atoms. The van der Waals surface area contributed by atoms with E-state index in [4.69, 9.17) is 10.2 Å². The lowest BCUT2D eigenvalue weighted by molar-refractivity contribution is 0.194. The molecule has 0 saturated carbocycles. The molecule has 8 heavy (non-hydrogen) atoms. The maximum Gasteiger partial charge on any atom is 0.0781 e. The summed E-state index contributed by atoms with van der Waals surface area (Å²) in [5.41, 5.74) is 0.806. The standard InChI is InChI=1S/C6H12O2/c1-5(4-7)3-6(2)8/h4,6-8H,3H2,1-2H3/b5-4+. The number of rotatable bonds is 2. The Labute approximate surface area is 49.5 Å². The van der Waals surface area contributed by atoms with Gasteiger partial charge in [0.1, 0.15) is 0 Å². The molecule has 0 heterocycles. The first-order valence-corrected chi connectivity index (χ1v) is 2.64. The average molecular weight is 116 g/mol. The minimum Gasteiger partial charge on any atom is -0.516 e. The van der Waals surface area contributed by atoms with Crippen molar-refractivity contribution < 1.29 is 10.2 Å². The maximum absolute atomic E-state index is 8.70. The Balaban J connectivity index is 3.39. The van der Waals surface area contributed by atoms with Crippen LogP contribution in [0.5, 0.6) is 0 Å². The summed E-state index contributed by atoms with van der Waals surface area (Å²) >= 11 is 0. The van der Waals surface area contributed by atoms with Crippen LogP contribution in [0.15, 0.2) is 11.8 Å². The van der Waals surface area contributed by atoms with Gasteiger partial charge in [-0.1, -0.05) is 0 Å². The average Bonchev–Trinajstić information content (AvgIpc) is 1.65. The predicted molar refractivity (Wildman–Crippen MR) is 32.7 cm³/mol. The molecule has 2 nitrogen and oxygen atoms in total. The molecular weight excluding hydrogens is 104 g/mol. The van der Waals surface area contributed by atoms with Crippen LogP contribution in [0.1, 0.15) is 20.3 Å². The van der Waals surface area contributed by atoms with Crippen molar-refractivity contribution in [3.05, 3.63) is 11.8 Å². The first kappa shape index (κ1) is 7.50. The third kappa shape index (κ3) is 3.68. The summed E-state index contributed by atoms with van der Waals surface area (Å²) in [6, 6.07) is 0. The quantitative estimate of drug-likeness (QED) is 0.532. The van der Waals surface area contributed by atoms with Crippen molar-refractivity contribution in [2.45, 2.75) is 26.4 Å². The van der Waals surface area contributed by atoms with Crippen molar-refractivity contribution in [3.63, 3.8) is 0 Å². The minimum absolute atomic E-state index is 0.349. The van der Waals surface area contributed by atoms with Crippen molar-refractivity contribution in [2.24, 2.45) is 0 Å². The van der Waals surface area contributed by atoms with Gasteiger partial charge in [-0.05, 0) is 25.8 Å². The first-order valence-electron chi connectivity index (χ1n) is 2.64. The topological polar surface area (TPSA) is 40.5 Å². The Bertz CT molecular complexity index is 84.5. The normalized spacial score (nSPS) is 16.1. The molecule has 0 saturated heterocycles. The minimum atomic E-state index is -0.349. The molecule has 0 spiro atoms. The second-order valence-corrected chi connectivity index (χ2v) is 2.03. The lowest BCUT2D eigenvalue weighted by atomic mass is 10.2. The highest BCUT2D eigenvalue weighted by Crippen LogP contribution is 2.01. The van der Waals surface area contributed by atoms with Crippen molar-refractivity contribution in [3.8, 4) is 0 Å². The summed E-state index contributed by atoms with van der Waals surface area (Å²) in [7, 11) is 0. The highest BCUT2D eigenvalue weighted by molar-refractivity contribution is 4.92. The number of hydrogen-bond donors (Lipinski definition) is 2. The second-order valence-electron chi connectivity index (χ2n) is 2.03. The zero-order valence-electron chi connectivity index (χ0n) is 5.26. The van der Waals surface area contributed by atoms with Gasteiger partial charge in [-0.2, -0.15) is 0 Å². The van der Waals surface area contributed by atoms with E-state index in [1.54, 1.807) is 13.8 Å². The molecule has 0 aromatic rings. The predicted octanol–water partition coefficient (Wildman–Crippen LogP) is 1.22. The van der Waals surface area contributed by atoms with E-state index in [1.165, 1.54) is 0 Å².